The normalized spacial score (nSPS) is 14.2. The topological polar surface area (TPSA) is 42.0 Å². The minimum atomic E-state index is 0.0639. The molecular weight excluding hydrogens is 412 g/mol. The fourth-order valence-corrected chi connectivity index (χ4v) is 4.05. The molecule has 3 aromatic carbocycles. The predicted octanol–water partition coefficient (Wildman–Crippen LogP) is 4.93. The van der Waals surface area contributed by atoms with Crippen LogP contribution in [0.5, 0.6) is 11.5 Å². The second kappa shape index (κ2) is 11.0. The summed E-state index contributed by atoms with van der Waals surface area (Å²) in [4.78, 5) is 17.6. The van der Waals surface area contributed by atoms with Gasteiger partial charge in [-0.25, -0.2) is 0 Å². The molecule has 0 N–H and O–H groups in total. The SMILES string of the molecule is CCOc1ccc(C(=O)N2CCN(Cc3ccccc3)CC2)cc1COc1ccc(C)cc1. The second-order valence-corrected chi connectivity index (χ2v) is 8.41. The quantitative estimate of drug-likeness (QED) is 0.494. The molecule has 0 saturated carbocycles. The Kier molecular flexibility index (Phi) is 7.63. The third kappa shape index (κ3) is 6.14. The molecule has 1 aliphatic rings. The van der Waals surface area contributed by atoms with Crippen molar-refractivity contribution in [2.45, 2.75) is 27.0 Å². The number of carbonyl (C=O) groups excluding carboxylic acids is 1. The molecule has 0 unspecified atom stereocenters. The summed E-state index contributed by atoms with van der Waals surface area (Å²) in [6.45, 7) is 9.06. The van der Waals surface area contributed by atoms with Crippen LogP contribution in [0.2, 0.25) is 0 Å². The van der Waals surface area contributed by atoms with E-state index < -0.39 is 0 Å². The molecular formula is C28H32N2O3. The van der Waals surface area contributed by atoms with Crippen LogP contribution in [0.25, 0.3) is 0 Å². The monoisotopic (exact) mass is 444 g/mol. The van der Waals surface area contributed by atoms with E-state index in [0.29, 0.717) is 18.8 Å². The van der Waals surface area contributed by atoms with Gasteiger partial charge in [-0.3, -0.25) is 9.69 Å². The average Bonchev–Trinajstić information content (AvgIpc) is 2.85. The fraction of sp³-hybridized carbons (Fsp3) is 0.321. The highest BCUT2D eigenvalue weighted by Crippen LogP contribution is 2.24. The number of nitrogens with zero attached hydrogens (tertiary/aromatic N) is 2. The lowest BCUT2D eigenvalue weighted by Gasteiger charge is -2.35. The minimum Gasteiger partial charge on any atom is -0.493 e. The van der Waals surface area contributed by atoms with Gasteiger partial charge in [-0.1, -0.05) is 48.0 Å². The van der Waals surface area contributed by atoms with Gasteiger partial charge in [-0.05, 0) is 49.7 Å². The van der Waals surface area contributed by atoms with Crippen molar-refractivity contribution in [3.05, 3.63) is 95.1 Å². The summed E-state index contributed by atoms with van der Waals surface area (Å²) in [6.07, 6.45) is 0. The summed E-state index contributed by atoms with van der Waals surface area (Å²) in [6, 6.07) is 24.1. The van der Waals surface area contributed by atoms with Crippen LogP contribution in [0, 0.1) is 6.92 Å². The van der Waals surface area contributed by atoms with Crippen molar-refractivity contribution in [2.24, 2.45) is 0 Å². The van der Waals surface area contributed by atoms with E-state index in [1.165, 1.54) is 11.1 Å². The zero-order valence-corrected chi connectivity index (χ0v) is 19.5. The molecule has 33 heavy (non-hydrogen) atoms. The molecule has 3 aromatic rings. The van der Waals surface area contributed by atoms with Gasteiger partial charge in [0.05, 0.1) is 6.61 Å². The average molecular weight is 445 g/mol. The highest BCUT2D eigenvalue weighted by atomic mass is 16.5. The molecule has 5 heteroatoms. The van der Waals surface area contributed by atoms with Crippen LogP contribution in [-0.4, -0.2) is 48.5 Å². The number of carbonyl (C=O) groups is 1. The van der Waals surface area contributed by atoms with Crippen LogP contribution in [0.15, 0.2) is 72.8 Å². The number of benzene rings is 3. The molecule has 1 aliphatic heterocycles. The van der Waals surface area contributed by atoms with Crippen molar-refractivity contribution >= 4 is 5.91 Å². The lowest BCUT2D eigenvalue weighted by Crippen LogP contribution is -2.48. The molecule has 0 aromatic heterocycles. The predicted molar refractivity (Wildman–Crippen MR) is 131 cm³/mol. The van der Waals surface area contributed by atoms with Gasteiger partial charge in [0.15, 0.2) is 0 Å². The third-order valence-electron chi connectivity index (χ3n) is 5.93. The van der Waals surface area contributed by atoms with Gasteiger partial charge in [-0.2, -0.15) is 0 Å². The Morgan fingerprint density at radius 1 is 0.879 bits per heavy atom. The fourth-order valence-electron chi connectivity index (χ4n) is 4.05. The van der Waals surface area contributed by atoms with Crippen molar-refractivity contribution in [1.82, 2.24) is 9.80 Å². The van der Waals surface area contributed by atoms with Crippen LogP contribution in [0.4, 0.5) is 0 Å². The summed E-state index contributed by atoms with van der Waals surface area (Å²) in [7, 11) is 0. The van der Waals surface area contributed by atoms with Gasteiger partial charge in [0, 0.05) is 43.9 Å². The Bertz CT molecular complexity index is 1040. The second-order valence-electron chi connectivity index (χ2n) is 8.41. The van der Waals surface area contributed by atoms with Gasteiger partial charge in [0.1, 0.15) is 18.1 Å². The van der Waals surface area contributed by atoms with E-state index in [9.17, 15) is 4.79 Å². The highest BCUT2D eigenvalue weighted by molar-refractivity contribution is 5.94. The largest absolute Gasteiger partial charge is 0.493 e. The molecule has 1 fully saturated rings. The number of rotatable bonds is 8. The lowest BCUT2D eigenvalue weighted by molar-refractivity contribution is 0.0628. The summed E-state index contributed by atoms with van der Waals surface area (Å²) in [5, 5.41) is 0. The maximum Gasteiger partial charge on any atom is 0.253 e. The third-order valence-corrected chi connectivity index (χ3v) is 5.93. The lowest BCUT2D eigenvalue weighted by atomic mass is 10.1. The maximum absolute atomic E-state index is 13.2. The number of piperazine rings is 1. The van der Waals surface area contributed by atoms with Crippen molar-refractivity contribution < 1.29 is 14.3 Å². The highest BCUT2D eigenvalue weighted by Gasteiger charge is 2.23. The number of ether oxygens (including phenoxy) is 2. The summed E-state index contributed by atoms with van der Waals surface area (Å²) in [5.74, 6) is 1.62. The molecule has 5 nitrogen and oxygen atoms in total. The molecule has 172 valence electrons. The Hall–Kier alpha value is -3.31. The van der Waals surface area contributed by atoms with E-state index in [2.05, 4.69) is 29.2 Å². The van der Waals surface area contributed by atoms with Gasteiger partial charge >= 0.3 is 0 Å². The molecule has 0 bridgehead atoms. The van der Waals surface area contributed by atoms with Crippen LogP contribution >= 0.6 is 0 Å². The van der Waals surface area contributed by atoms with Crippen LogP contribution in [-0.2, 0) is 13.2 Å². The molecule has 4 rings (SSSR count). The van der Waals surface area contributed by atoms with Crippen molar-refractivity contribution in [2.75, 3.05) is 32.8 Å². The molecule has 1 saturated heterocycles. The molecule has 0 aliphatic carbocycles. The zero-order chi connectivity index (χ0) is 23.0. The summed E-state index contributed by atoms with van der Waals surface area (Å²) >= 11 is 0. The smallest absolute Gasteiger partial charge is 0.253 e. The van der Waals surface area contributed by atoms with E-state index in [-0.39, 0.29) is 5.91 Å². The van der Waals surface area contributed by atoms with Gasteiger partial charge in [0.2, 0.25) is 0 Å². The Morgan fingerprint density at radius 2 is 1.61 bits per heavy atom. The first kappa shape index (κ1) is 22.9. The molecule has 0 spiro atoms. The van der Waals surface area contributed by atoms with E-state index in [0.717, 1.165) is 49.8 Å². The first-order valence-electron chi connectivity index (χ1n) is 11.6. The van der Waals surface area contributed by atoms with E-state index in [1.807, 2.05) is 67.3 Å². The number of aryl methyl sites for hydroxylation is 1. The number of hydrogen-bond acceptors (Lipinski definition) is 4. The van der Waals surface area contributed by atoms with Gasteiger partial charge in [-0.15, -0.1) is 0 Å². The molecule has 1 heterocycles. The van der Waals surface area contributed by atoms with Crippen LogP contribution in [0.1, 0.15) is 34.0 Å². The van der Waals surface area contributed by atoms with E-state index in [1.54, 1.807) is 0 Å². The number of hydrogen-bond donors (Lipinski definition) is 0. The molecule has 0 atom stereocenters. The van der Waals surface area contributed by atoms with Crippen LogP contribution < -0.4 is 9.47 Å². The Balaban J connectivity index is 1.39. The van der Waals surface area contributed by atoms with Gasteiger partial charge < -0.3 is 14.4 Å². The zero-order valence-electron chi connectivity index (χ0n) is 19.5. The van der Waals surface area contributed by atoms with E-state index >= 15 is 0 Å². The van der Waals surface area contributed by atoms with E-state index in [4.69, 9.17) is 9.47 Å². The van der Waals surface area contributed by atoms with Crippen LogP contribution in [0.3, 0.4) is 0 Å². The maximum atomic E-state index is 13.2. The first-order chi connectivity index (χ1) is 16.1. The molecule has 1 amide bonds. The first-order valence-corrected chi connectivity index (χ1v) is 11.6. The standard InChI is InChI=1S/C28H32N2O3/c1-3-32-27-14-11-24(19-25(27)21-33-26-12-9-22(2)10-13-26)28(31)30-17-15-29(16-18-30)20-23-7-5-4-6-8-23/h4-14,19H,3,15-18,20-21H2,1-2H3. The van der Waals surface area contributed by atoms with Gasteiger partial charge in [0.25, 0.3) is 5.91 Å². The Morgan fingerprint density at radius 3 is 2.30 bits per heavy atom. The minimum absolute atomic E-state index is 0.0639. The van der Waals surface area contributed by atoms with Crippen molar-refractivity contribution in [1.29, 1.82) is 0 Å². The summed E-state index contributed by atoms with van der Waals surface area (Å²) < 4.78 is 11.8. The van der Waals surface area contributed by atoms with Crippen molar-refractivity contribution in [3.63, 3.8) is 0 Å². The number of amides is 1. The summed E-state index contributed by atoms with van der Waals surface area (Å²) in [5.41, 5.74) is 4.05. The van der Waals surface area contributed by atoms with Crippen molar-refractivity contribution in [3.8, 4) is 11.5 Å². The molecule has 0 radical (unpaired) electrons. The Labute approximate surface area is 196 Å².